The van der Waals surface area contributed by atoms with Crippen molar-refractivity contribution < 1.29 is 0 Å². The van der Waals surface area contributed by atoms with E-state index in [0.29, 0.717) is 0 Å². The van der Waals surface area contributed by atoms with E-state index in [4.69, 9.17) is 23.2 Å². The molecule has 106 valence electrons. The number of hydrogen-bond acceptors (Lipinski definition) is 0. The number of hydrogen-bond donors (Lipinski definition) is 0. The zero-order valence-corrected chi connectivity index (χ0v) is 13.7. The molecule has 0 bridgehead atoms. The molecule has 0 aromatic heterocycles. The summed E-state index contributed by atoms with van der Waals surface area (Å²) >= 11 is 12.8. The molecule has 1 atom stereocenters. The third-order valence-corrected chi connectivity index (χ3v) is 4.48. The van der Waals surface area contributed by atoms with Crippen molar-refractivity contribution in [2.75, 3.05) is 0 Å². The first-order chi connectivity index (χ1) is 9.56. The van der Waals surface area contributed by atoms with E-state index >= 15 is 0 Å². The molecule has 0 radical (unpaired) electrons. The second-order valence-electron chi connectivity index (χ2n) is 5.10. The Balaban J connectivity index is 2.48. The Morgan fingerprint density at radius 1 is 0.950 bits per heavy atom. The minimum absolute atomic E-state index is 0.117. The van der Waals surface area contributed by atoms with Gasteiger partial charge in [-0.05, 0) is 59.7 Å². The topological polar surface area (TPSA) is 0 Å². The molecule has 20 heavy (non-hydrogen) atoms. The van der Waals surface area contributed by atoms with Crippen molar-refractivity contribution in [1.29, 1.82) is 0 Å². The van der Waals surface area contributed by atoms with Gasteiger partial charge in [0, 0.05) is 5.02 Å². The van der Waals surface area contributed by atoms with Crippen LogP contribution in [0.5, 0.6) is 0 Å². The maximum atomic E-state index is 6.76. The van der Waals surface area contributed by atoms with Crippen molar-refractivity contribution in [1.82, 2.24) is 0 Å². The Morgan fingerprint density at radius 3 is 2.30 bits per heavy atom. The van der Waals surface area contributed by atoms with Gasteiger partial charge in [-0.3, -0.25) is 0 Å². The van der Waals surface area contributed by atoms with Crippen molar-refractivity contribution in [3.05, 3.63) is 69.2 Å². The number of alkyl halides is 1. The van der Waals surface area contributed by atoms with E-state index in [1.54, 1.807) is 0 Å². The largest absolute Gasteiger partial charge is 0.113 e. The number of rotatable bonds is 4. The average Bonchev–Trinajstić information content (AvgIpc) is 2.46. The van der Waals surface area contributed by atoms with Crippen molar-refractivity contribution in [2.45, 2.75) is 39.0 Å². The lowest BCUT2D eigenvalue weighted by Crippen LogP contribution is -2.02. The van der Waals surface area contributed by atoms with Gasteiger partial charge in [-0.2, -0.15) is 0 Å². The van der Waals surface area contributed by atoms with Gasteiger partial charge < -0.3 is 0 Å². The Labute approximate surface area is 131 Å². The predicted molar refractivity (Wildman–Crippen MR) is 89.1 cm³/mol. The van der Waals surface area contributed by atoms with Crippen LogP contribution in [0.3, 0.4) is 0 Å². The highest BCUT2D eigenvalue weighted by molar-refractivity contribution is 6.30. The monoisotopic (exact) mass is 306 g/mol. The Morgan fingerprint density at radius 2 is 1.70 bits per heavy atom. The van der Waals surface area contributed by atoms with E-state index in [9.17, 15) is 0 Å². The fourth-order valence-electron chi connectivity index (χ4n) is 2.51. The summed E-state index contributed by atoms with van der Waals surface area (Å²) in [6.45, 7) is 6.40. The standard InChI is InChI=1S/C18H20Cl2/c1-4-13-6-7-14(5-2)17(11-13)18(20)16-9-8-15(19)10-12(16)3/h6-11,18H,4-5H2,1-3H3. The summed E-state index contributed by atoms with van der Waals surface area (Å²) in [5, 5.41) is 0.641. The van der Waals surface area contributed by atoms with Crippen LogP contribution in [0.15, 0.2) is 36.4 Å². The van der Waals surface area contributed by atoms with Crippen LogP contribution in [-0.2, 0) is 12.8 Å². The third-order valence-electron chi connectivity index (χ3n) is 3.78. The highest BCUT2D eigenvalue weighted by Gasteiger charge is 2.16. The first-order valence-electron chi connectivity index (χ1n) is 7.08. The normalized spacial score (nSPS) is 12.4. The van der Waals surface area contributed by atoms with Gasteiger partial charge in [0.25, 0.3) is 0 Å². The van der Waals surface area contributed by atoms with Gasteiger partial charge in [0.1, 0.15) is 0 Å². The molecule has 0 saturated carbocycles. The quantitative estimate of drug-likeness (QED) is 0.598. The zero-order valence-electron chi connectivity index (χ0n) is 12.2. The van der Waals surface area contributed by atoms with Gasteiger partial charge in [-0.15, -0.1) is 11.6 Å². The molecule has 0 aliphatic rings. The van der Waals surface area contributed by atoms with Crippen molar-refractivity contribution in [3.8, 4) is 0 Å². The minimum atomic E-state index is -0.117. The molecular formula is C18H20Cl2. The summed E-state index contributed by atoms with van der Waals surface area (Å²) in [5.74, 6) is 0. The maximum Gasteiger partial charge on any atom is 0.0840 e. The SMILES string of the molecule is CCc1ccc(CC)c(C(Cl)c2ccc(Cl)cc2C)c1. The van der Waals surface area contributed by atoms with E-state index < -0.39 is 0 Å². The molecular weight excluding hydrogens is 287 g/mol. The molecule has 0 aliphatic heterocycles. The van der Waals surface area contributed by atoms with Crippen LogP contribution in [0.1, 0.15) is 47.0 Å². The first kappa shape index (κ1) is 15.4. The number of halogens is 2. The van der Waals surface area contributed by atoms with Gasteiger partial charge in [0.15, 0.2) is 0 Å². The van der Waals surface area contributed by atoms with E-state index in [1.165, 1.54) is 16.7 Å². The van der Waals surface area contributed by atoms with E-state index in [1.807, 2.05) is 18.2 Å². The lowest BCUT2D eigenvalue weighted by Gasteiger charge is -2.18. The summed E-state index contributed by atoms with van der Waals surface area (Å²) in [7, 11) is 0. The molecule has 0 heterocycles. The Bertz CT molecular complexity index is 602. The third kappa shape index (κ3) is 3.19. The number of benzene rings is 2. The molecule has 2 aromatic rings. The van der Waals surface area contributed by atoms with Crippen molar-refractivity contribution in [3.63, 3.8) is 0 Å². The second kappa shape index (κ2) is 6.65. The minimum Gasteiger partial charge on any atom is -0.113 e. The van der Waals surface area contributed by atoms with Gasteiger partial charge in [-0.25, -0.2) is 0 Å². The fourth-order valence-corrected chi connectivity index (χ4v) is 3.19. The van der Waals surface area contributed by atoms with Crippen LogP contribution in [0.4, 0.5) is 0 Å². The molecule has 2 rings (SSSR count). The summed E-state index contributed by atoms with van der Waals surface area (Å²) in [4.78, 5) is 0. The van der Waals surface area contributed by atoms with Gasteiger partial charge in [0.2, 0.25) is 0 Å². The number of aryl methyl sites for hydroxylation is 3. The van der Waals surface area contributed by atoms with Gasteiger partial charge >= 0.3 is 0 Å². The highest BCUT2D eigenvalue weighted by atomic mass is 35.5. The van der Waals surface area contributed by atoms with E-state index in [0.717, 1.165) is 29.0 Å². The van der Waals surface area contributed by atoms with Gasteiger partial charge in [-0.1, -0.05) is 49.7 Å². The zero-order chi connectivity index (χ0) is 14.7. The predicted octanol–water partition coefficient (Wildman–Crippen LogP) is 6.10. The Hall–Kier alpha value is -0.980. The van der Waals surface area contributed by atoms with Crippen molar-refractivity contribution >= 4 is 23.2 Å². The Kier molecular flexibility index (Phi) is 5.12. The van der Waals surface area contributed by atoms with Crippen LogP contribution in [0.25, 0.3) is 0 Å². The van der Waals surface area contributed by atoms with Crippen LogP contribution in [0, 0.1) is 6.92 Å². The molecule has 0 spiro atoms. The van der Waals surface area contributed by atoms with Gasteiger partial charge in [0.05, 0.1) is 5.38 Å². The molecule has 0 saturated heterocycles. The molecule has 0 fully saturated rings. The van der Waals surface area contributed by atoms with E-state index in [-0.39, 0.29) is 5.38 Å². The summed E-state index contributed by atoms with van der Waals surface area (Å²) < 4.78 is 0. The molecule has 0 amide bonds. The summed E-state index contributed by atoms with van der Waals surface area (Å²) in [6.07, 6.45) is 2.02. The maximum absolute atomic E-state index is 6.76. The molecule has 2 aromatic carbocycles. The lowest BCUT2D eigenvalue weighted by molar-refractivity contribution is 1.01. The molecule has 2 heteroatoms. The van der Waals surface area contributed by atoms with Crippen LogP contribution < -0.4 is 0 Å². The highest BCUT2D eigenvalue weighted by Crippen LogP contribution is 2.34. The summed E-state index contributed by atoms with van der Waals surface area (Å²) in [6, 6.07) is 12.6. The average molecular weight is 307 g/mol. The van der Waals surface area contributed by atoms with Crippen LogP contribution in [0.2, 0.25) is 5.02 Å². The second-order valence-corrected chi connectivity index (χ2v) is 5.98. The lowest BCUT2D eigenvalue weighted by atomic mass is 9.93. The molecule has 1 unspecified atom stereocenters. The first-order valence-corrected chi connectivity index (χ1v) is 7.90. The molecule has 0 N–H and O–H groups in total. The smallest absolute Gasteiger partial charge is 0.0840 e. The van der Waals surface area contributed by atoms with Crippen LogP contribution in [-0.4, -0.2) is 0 Å². The van der Waals surface area contributed by atoms with Crippen LogP contribution >= 0.6 is 23.2 Å². The fraction of sp³-hybridized carbons (Fsp3) is 0.333. The molecule has 0 nitrogen and oxygen atoms in total. The summed E-state index contributed by atoms with van der Waals surface area (Å²) in [5.41, 5.74) is 6.14. The van der Waals surface area contributed by atoms with Crippen molar-refractivity contribution in [2.24, 2.45) is 0 Å². The van der Waals surface area contributed by atoms with E-state index in [2.05, 4.69) is 39.0 Å². The molecule has 0 aliphatic carbocycles.